The van der Waals surface area contributed by atoms with Crippen LogP contribution in [0.25, 0.3) is 11.0 Å². The molecule has 0 aliphatic rings. The highest BCUT2D eigenvalue weighted by Crippen LogP contribution is 2.24. The molecule has 0 atom stereocenters. The maximum Gasteiger partial charge on any atom is 0.175 e. The molecule has 1 N–H and O–H groups in total. The highest BCUT2D eigenvalue weighted by molar-refractivity contribution is 9.10. The molecule has 2 nitrogen and oxygen atoms in total. The molecule has 0 fully saturated rings. The first-order chi connectivity index (χ1) is 6.20. The second-order valence-electron chi connectivity index (χ2n) is 2.84. The predicted molar refractivity (Wildman–Crippen MR) is 58.2 cm³/mol. The van der Waals surface area contributed by atoms with E-state index in [0.29, 0.717) is 0 Å². The van der Waals surface area contributed by atoms with Gasteiger partial charge in [0.1, 0.15) is 0 Å². The summed E-state index contributed by atoms with van der Waals surface area (Å²) < 4.78 is 0.742. The summed E-state index contributed by atoms with van der Waals surface area (Å²) in [6, 6.07) is 3.92. The highest BCUT2D eigenvalue weighted by atomic mass is 79.9. The molecule has 0 saturated carbocycles. The van der Waals surface area contributed by atoms with Crippen LogP contribution in [0, 0.1) is 0 Å². The lowest BCUT2D eigenvalue weighted by Gasteiger charge is -1.99. The molecule has 0 saturated heterocycles. The first kappa shape index (κ1) is 9.03. The van der Waals surface area contributed by atoms with E-state index >= 15 is 0 Å². The molecule has 2 aromatic rings. The molecule has 4 heteroatoms. The number of nitrogens with one attached hydrogen (secondary N) is 1. The van der Waals surface area contributed by atoms with Crippen LogP contribution in [0.15, 0.2) is 16.9 Å². The fourth-order valence-corrected chi connectivity index (χ4v) is 2.01. The van der Waals surface area contributed by atoms with Crippen LogP contribution in [0.5, 0.6) is 0 Å². The zero-order chi connectivity index (χ0) is 9.42. The van der Waals surface area contributed by atoms with E-state index in [1.807, 2.05) is 12.1 Å². The lowest BCUT2D eigenvalue weighted by molar-refractivity contribution is 1.14. The van der Waals surface area contributed by atoms with Crippen molar-refractivity contribution in [1.82, 2.24) is 9.97 Å². The van der Waals surface area contributed by atoms with Crippen LogP contribution in [0.4, 0.5) is 0 Å². The Balaban J connectivity index is 2.72. The SMILES string of the molecule is CCc1cc2[nH]c(Br)nc2cc1Cl. The van der Waals surface area contributed by atoms with Gasteiger partial charge in [0.05, 0.1) is 11.0 Å². The molecule has 1 aromatic carbocycles. The number of hydrogen-bond acceptors (Lipinski definition) is 1. The Morgan fingerprint density at radius 2 is 2.31 bits per heavy atom. The molecule has 13 heavy (non-hydrogen) atoms. The van der Waals surface area contributed by atoms with Gasteiger partial charge in [-0.05, 0) is 40.0 Å². The molecular weight excluding hydrogens is 251 g/mol. The molecule has 1 aromatic heterocycles. The standard InChI is InChI=1S/C9H8BrClN2/c1-2-5-3-7-8(4-6(5)11)13-9(10)12-7/h3-4H,2H2,1H3,(H,12,13). The van der Waals surface area contributed by atoms with Crippen molar-refractivity contribution >= 4 is 38.6 Å². The fraction of sp³-hybridized carbons (Fsp3) is 0.222. The van der Waals surface area contributed by atoms with E-state index in [0.717, 1.165) is 32.8 Å². The third-order valence-corrected chi connectivity index (χ3v) is 2.73. The van der Waals surface area contributed by atoms with Gasteiger partial charge in [0.2, 0.25) is 0 Å². The van der Waals surface area contributed by atoms with E-state index in [2.05, 4.69) is 32.8 Å². The number of benzene rings is 1. The van der Waals surface area contributed by atoms with Crippen LogP contribution >= 0.6 is 27.5 Å². The van der Waals surface area contributed by atoms with Crippen molar-refractivity contribution in [3.05, 3.63) is 27.5 Å². The Hall–Kier alpha value is -0.540. The van der Waals surface area contributed by atoms with Crippen molar-refractivity contribution in [2.45, 2.75) is 13.3 Å². The number of aromatic amines is 1. The molecule has 0 amide bonds. The predicted octanol–water partition coefficient (Wildman–Crippen LogP) is 3.54. The van der Waals surface area contributed by atoms with Crippen LogP contribution in [0.3, 0.4) is 0 Å². The summed E-state index contributed by atoms with van der Waals surface area (Å²) in [6.45, 7) is 2.08. The van der Waals surface area contributed by atoms with Gasteiger partial charge in [-0.1, -0.05) is 18.5 Å². The van der Waals surface area contributed by atoms with Crippen molar-refractivity contribution < 1.29 is 0 Å². The minimum atomic E-state index is 0.742. The summed E-state index contributed by atoms with van der Waals surface area (Å²) >= 11 is 9.33. The molecule has 0 unspecified atom stereocenters. The highest BCUT2D eigenvalue weighted by Gasteiger charge is 2.04. The van der Waals surface area contributed by atoms with Crippen LogP contribution in [-0.4, -0.2) is 9.97 Å². The number of rotatable bonds is 1. The maximum absolute atomic E-state index is 6.04. The van der Waals surface area contributed by atoms with Gasteiger partial charge in [0.15, 0.2) is 4.73 Å². The first-order valence-corrected chi connectivity index (χ1v) is 5.21. The topological polar surface area (TPSA) is 28.7 Å². The monoisotopic (exact) mass is 258 g/mol. The van der Waals surface area contributed by atoms with Crippen LogP contribution in [0.1, 0.15) is 12.5 Å². The van der Waals surface area contributed by atoms with E-state index in [1.54, 1.807) is 0 Å². The minimum absolute atomic E-state index is 0.742. The Labute approximate surface area is 89.4 Å². The van der Waals surface area contributed by atoms with Gasteiger partial charge in [-0.15, -0.1) is 0 Å². The van der Waals surface area contributed by atoms with E-state index in [-0.39, 0.29) is 0 Å². The number of H-pyrrole nitrogens is 1. The Kier molecular flexibility index (Phi) is 2.30. The van der Waals surface area contributed by atoms with Crippen molar-refractivity contribution in [3.63, 3.8) is 0 Å². The van der Waals surface area contributed by atoms with E-state index in [9.17, 15) is 0 Å². The van der Waals surface area contributed by atoms with Gasteiger partial charge in [0.25, 0.3) is 0 Å². The van der Waals surface area contributed by atoms with E-state index in [1.165, 1.54) is 0 Å². The fourth-order valence-electron chi connectivity index (χ4n) is 1.32. The third kappa shape index (κ3) is 1.58. The molecule has 0 aliphatic heterocycles. The number of fused-ring (bicyclic) bond motifs is 1. The molecule has 68 valence electrons. The van der Waals surface area contributed by atoms with Gasteiger partial charge in [-0.3, -0.25) is 0 Å². The molecule has 0 bridgehead atoms. The Morgan fingerprint density at radius 3 is 3.00 bits per heavy atom. The maximum atomic E-state index is 6.04. The summed E-state index contributed by atoms with van der Waals surface area (Å²) in [4.78, 5) is 7.33. The molecule has 2 rings (SSSR count). The largest absolute Gasteiger partial charge is 0.332 e. The number of halogens is 2. The molecule has 0 aliphatic carbocycles. The molecule has 0 radical (unpaired) electrons. The molecule has 1 heterocycles. The Morgan fingerprint density at radius 1 is 1.54 bits per heavy atom. The average molecular weight is 260 g/mol. The second-order valence-corrected chi connectivity index (χ2v) is 4.00. The van der Waals surface area contributed by atoms with Crippen molar-refractivity contribution in [2.75, 3.05) is 0 Å². The summed E-state index contributed by atoms with van der Waals surface area (Å²) in [5, 5.41) is 0.786. The van der Waals surface area contributed by atoms with Crippen LogP contribution < -0.4 is 0 Å². The summed E-state index contributed by atoms with van der Waals surface area (Å²) in [5.41, 5.74) is 3.06. The second kappa shape index (κ2) is 3.31. The van der Waals surface area contributed by atoms with Crippen LogP contribution in [-0.2, 0) is 6.42 Å². The normalized spacial score (nSPS) is 11.0. The van der Waals surface area contributed by atoms with Gasteiger partial charge in [-0.25, -0.2) is 4.98 Å². The quantitative estimate of drug-likeness (QED) is 0.834. The number of hydrogen-bond donors (Lipinski definition) is 1. The average Bonchev–Trinajstić information content (AvgIpc) is 2.42. The van der Waals surface area contributed by atoms with Crippen molar-refractivity contribution in [3.8, 4) is 0 Å². The number of aryl methyl sites for hydroxylation is 1. The van der Waals surface area contributed by atoms with Gasteiger partial charge in [0, 0.05) is 5.02 Å². The molecular formula is C9H8BrClN2. The van der Waals surface area contributed by atoms with E-state index in [4.69, 9.17) is 11.6 Å². The third-order valence-electron chi connectivity index (χ3n) is 2.00. The number of aromatic nitrogens is 2. The van der Waals surface area contributed by atoms with Gasteiger partial charge >= 0.3 is 0 Å². The van der Waals surface area contributed by atoms with Gasteiger partial charge in [-0.2, -0.15) is 0 Å². The summed E-state index contributed by atoms with van der Waals surface area (Å²) in [7, 11) is 0. The first-order valence-electron chi connectivity index (χ1n) is 4.04. The summed E-state index contributed by atoms with van der Waals surface area (Å²) in [5.74, 6) is 0. The van der Waals surface area contributed by atoms with E-state index < -0.39 is 0 Å². The lowest BCUT2D eigenvalue weighted by atomic mass is 10.1. The lowest BCUT2D eigenvalue weighted by Crippen LogP contribution is -1.82. The summed E-state index contributed by atoms with van der Waals surface area (Å²) in [6.07, 6.45) is 0.936. The number of nitrogens with zero attached hydrogens (tertiary/aromatic N) is 1. The Bertz CT molecular complexity index is 450. The molecule has 0 spiro atoms. The van der Waals surface area contributed by atoms with Crippen molar-refractivity contribution in [1.29, 1.82) is 0 Å². The van der Waals surface area contributed by atoms with Crippen LogP contribution in [0.2, 0.25) is 5.02 Å². The zero-order valence-electron chi connectivity index (χ0n) is 7.06. The zero-order valence-corrected chi connectivity index (χ0v) is 9.41. The number of imidazole rings is 1. The van der Waals surface area contributed by atoms with Gasteiger partial charge < -0.3 is 4.98 Å². The van der Waals surface area contributed by atoms with Crippen molar-refractivity contribution in [2.24, 2.45) is 0 Å². The minimum Gasteiger partial charge on any atom is -0.332 e. The smallest absolute Gasteiger partial charge is 0.175 e.